The smallest absolute Gasteiger partial charge is 0.254 e. The average Bonchev–Trinajstić information content (AvgIpc) is 3.37. The van der Waals surface area contributed by atoms with Gasteiger partial charge in [0, 0.05) is 60.8 Å². The topological polar surface area (TPSA) is 72.3 Å². The van der Waals surface area contributed by atoms with Crippen LogP contribution in [0.15, 0.2) is 42.5 Å². The summed E-state index contributed by atoms with van der Waals surface area (Å²) in [5, 5.41) is 8.09. The Bertz CT molecular complexity index is 1780. The SMILES string of the molecule is [C-]#[N+]c1cc2[nH]nc(-c3ccc4c(c3)OCC3CN(C)CCN43)c2cc1-c1c(F)cc(C(=O)N2CC(N(C)C)C2)cc1F. The third-order valence-electron chi connectivity index (χ3n) is 8.90. The molecule has 1 N–H and O–H groups in total. The van der Waals surface area contributed by atoms with Gasteiger partial charge in [0.25, 0.3) is 5.91 Å². The van der Waals surface area contributed by atoms with Gasteiger partial charge in [0.15, 0.2) is 5.69 Å². The van der Waals surface area contributed by atoms with Crippen LogP contribution in [0.5, 0.6) is 5.75 Å². The molecule has 1 amide bonds. The molecule has 4 heterocycles. The summed E-state index contributed by atoms with van der Waals surface area (Å²) in [7, 11) is 5.98. The van der Waals surface area contributed by atoms with Crippen molar-refractivity contribution < 1.29 is 18.3 Å². The van der Waals surface area contributed by atoms with E-state index in [0.29, 0.717) is 42.3 Å². The first-order valence-electron chi connectivity index (χ1n) is 14.3. The van der Waals surface area contributed by atoms with E-state index in [2.05, 4.69) is 31.9 Å². The molecule has 0 spiro atoms. The Labute approximate surface area is 248 Å². The maximum atomic E-state index is 15.6. The number of hydrogen-bond acceptors (Lipinski definition) is 6. The second-order valence-corrected chi connectivity index (χ2v) is 11.8. The van der Waals surface area contributed by atoms with Gasteiger partial charge < -0.3 is 24.3 Å². The first kappa shape index (κ1) is 27.3. The summed E-state index contributed by atoms with van der Waals surface area (Å²) >= 11 is 0. The molecule has 0 aliphatic carbocycles. The zero-order valence-corrected chi connectivity index (χ0v) is 24.2. The summed E-state index contributed by atoms with van der Waals surface area (Å²) in [5.74, 6) is -1.45. The van der Waals surface area contributed by atoms with E-state index in [1.54, 1.807) is 17.0 Å². The largest absolute Gasteiger partial charge is 0.489 e. The number of ether oxygens (including phenoxy) is 1. The van der Waals surface area contributed by atoms with Crippen molar-refractivity contribution >= 4 is 28.2 Å². The molecular formula is C32H31F2N7O2. The van der Waals surface area contributed by atoms with Crippen molar-refractivity contribution in [2.24, 2.45) is 0 Å². The maximum Gasteiger partial charge on any atom is 0.254 e. The van der Waals surface area contributed by atoms with Crippen molar-refractivity contribution in [3.05, 3.63) is 71.1 Å². The minimum atomic E-state index is -0.897. The Morgan fingerprint density at radius 1 is 1.09 bits per heavy atom. The van der Waals surface area contributed by atoms with Crippen LogP contribution >= 0.6 is 0 Å². The Kier molecular flexibility index (Phi) is 6.56. The van der Waals surface area contributed by atoms with Gasteiger partial charge >= 0.3 is 0 Å². The number of aromatic nitrogens is 2. The van der Waals surface area contributed by atoms with Crippen molar-refractivity contribution in [3.8, 4) is 28.1 Å². The fraction of sp³-hybridized carbons (Fsp3) is 0.344. The molecule has 1 atom stereocenters. The van der Waals surface area contributed by atoms with Crippen LogP contribution in [0.4, 0.5) is 20.2 Å². The Hall–Kier alpha value is -4.53. The van der Waals surface area contributed by atoms with Crippen LogP contribution < -0.4 is 9.64 Å². The van der Waals surface area contributed by atoms with E-state index >= 15 is 8.78 Å². The standard InChI is InChI=1S/C32H31F2N7O2/c1-35-26-13-27-23(12-22(26)30-24(33)9-19(10-25(30)34)32(42)40-15-20(16-40)38(2)3)31(37-36-27)18-5-6-28-29(11-18)43-17-21-14-39(4)7-8-41(21)28/h5-6,9-13,20-21H,7-8,14-17H2,2-4H3,(H,36,37). The van der Waals surface area contributed by atoms with Crippen LogP contribution in [0.1, 0.15) is 10.4 Å². The van der Waals surface area contributed by atoms with E-state index in [-0.39, 0.29) is 28.4 Å². The number of hydrogen-bond donors (Lipinski definition) is 1. The van der Waals surface area contributed by atoms with Gasteiger partial charge in [-0.25, -0.2) is 13.6 Å². The van der Waals surface area contributed by atoms with Crippen LogP contribution in [-0.2, 0) is 0 Å². The van der Waals surface area contributed by atoms with E-state index in [1.807, 2.05) is 37.2 Å². The summed E-state index contributed by atoms with van der Waals surface area (Å²) in [4.78, 5) is 24.7. The number of halogens is 2. The summed E-state index contributed by atoms with van der Waals surface area (Å²) in [6.45, 7) is 12.1. The van der Waals surface area contributed by atoms with Crippen LogP contribution in [0.3, 0.4) is 0 Å². The van der Waals surface area contributed by atoms with Crippen molar-refractivity contribution in [2.45, 2.75) is 12.1 Å². The predicted molar refractivity (Wildman–Crippen MR) is 161 cm³/mol. The highest BCUT2D eigenvalue weighted by molar-refractivity contribution is 6.01. The van der Waals surface area contributed by atoms with Crippen molar-refractivity contribution in [1.29, 1.82) is 0 Å². The van der Waals surface area contributed by atoms with Gasteiger partial charge in [-0.2, -0.15) is 5.10 Å². The van der Waals surface area contributed by atoms with Crippen molar-refractivity contribution in [2.75, 3.05) is 65.4 Å². The Morgan fingerprint density at radius 2 is 1.86 bits per heavy atom. The number of likely N-dealkylation sites (tertiary alicyclic amines) is 1. The lowest BCUT2D eigenvalue weighted by molar-refractivity contribution is 0.0398. The Balaban J connectivity index is 1.24. The molecule has 3 aromatic carbocycles. The summed E-state index contributed by atoms with van der Waals surface area (Å²) < 4.78 is 37.3. The normalized spacial score (nSPS) is 18.7. The molecule has 2 saturated heterocycles. The number of H-pyrrole nitrogens is 1. The number of amides is 1. The summed E-state index contributed by atoms with van der Waals surface area (Å²) in [5.41, 5.74) is 2.76. The number of carbonyl (C=O) groups is 1. The highest BCUT2D eigenvalue weighted by atomic mass is 19.1. The molecule has 1 aromatic heterocycles. The zero-order valence-electron chi connectivity index (χ0n) is 24.2. The lowest BCUT2D eigenvalue weighted by atomic mass is 9.96. The molecule has 43 heavy (non-hydrogen) atoms. The molecule has 4 aromatic rings. The van der Waals surface area contributed by atoms with E-state index < -0.39 is 17.5 Å². The molecular weight excluding hydrogens is 552 g/mol. The molecule has 1 unspecified atom stereocenters. The van der Waals surface area contributed by atoms with Crippen molar-refractivity contribution in [3.63, 3.8) is 0 Å². The summed E-state index contributed by atoms with van der Waals surface area (Å²) in [6.07, 6.45) is 0. The molecule has 7 rings (SSSR count). The van der Waals surface area contributed by atoms with Crippen LogP contribution in [0.25, 0.3) is 38.1 Å². The number of anilines is 1. The molecule has 3 aliphatic rings. The number of rotatable bonds is 4. The second-order valence-electron chi connectivity index (χ2n) is 11.8. The maximum absolute atomic E-state index is 15.6. The number of aromatic amines is 1. The summed E-state index contributed by atoms with van der Waals surface area (Å²) in [6, 6.07) is 11.7. The van der Waals surface area contributed by atoms with Gasteiger partial charge in [0.1, 0.15) is 24.0 Å². The third kappa shape index (κ3) is 4.58. The first-order chi connectivity index (χ1) is 20.7. The number of nitrogens with zero attached hydrogens (tertiary/aromatic N) is 6. The number of likely N-dealkylation sites (N-methyl/N-ethyl adjacent to an activating group) is 2. The lowest BCUT2D eigenvalue weighted by Crippen LogP contribution is -2.59. The highest BCUT2D eigenvalue weighted by Gasteiger charge is 2.34. The van der Waals surface area contributed by atoms with Gasteiger partial charge in [-0.05, 0) is 57.0 Å². The average molecular weight is 584 g/mol. The molecule has 2 fully saturated rings. The molecule has 9 nitrogen and oxygen atoms in total. The van der Waals surface area contributed by atoms with Gasteiger partial charge in [-0.15, -0.1) is 0 Å². The number of carbonyl (C=O) groups excluding carboxylic acids is 1. The molecule has 0 radical (unpaired) electrons. The molecule has 220 valence electrons. The van der Waals surface area contributed by atoms with Crippen LogP contribution in [0.2, 0.25) is 0 Å². The fourth-order valence-corrected chi connectivity index (χ4v) is 6.32. The molecule has 3 aliphatic heterocycles. The third-order valence-corrected chi connectivity index (χ3v) is 8.90. The fourth-order valence-electron chi connectivity index (χ4n) is 6.32. The lowest BCUT2D eigenvalue weighted by Gasteiger charge is -2.44. The molecule has 11 heteroatoms. The number of benzene rings is 3. The van der Waals surface area contributed by atoms with E-state index in [4.69, 9.17) is 11.3 Å². The van der Waals surface area contributed by atoms with E-state index in [0.717, 1.165) is 48.8 Å². The zero-order chi connectivity index (χ0) is 30.0. The quantitative estimate of drug-likeness (QED) is 0.354. The molecule has 0 bridgehead atoms. The highest BCUT2D eigenvalue weighted by Crippen LogP contribution is 2.42. The number of nitrogens with one attached hydrogen (secondary N) is 1. The minimum absolute atomic E-state index is 0.0537. The van der Waals surface area contributed by atoms with Crippen LogP contribution in [0, 0.1) is 18.2 Å². The van der Waals surface area contributed by atoms with Gasteiger partial charge in [0.05, 0.1) is 29.5 Å². The monoisotopic (exact) mass is 583 g/mol. The van der Waals surface area contributed by atoms with E-state index in [1.165, 1.54) is 0 Å². The van der Waals surface area contributed by atoms with Gasteiger partial charge in [-0.3, -0.25) is 9.89 Å². The van der Waals surface area contributed by atoms with Crippen molar-refractivity contribution in [1.82, 2.24) is 24.9 Å². The molecule has 0 saturated carbocycles. The predicted octanol–water partition coefficient (Wildman–Crippen LogP) is 4.62. The first-order valence-corrected chi connectivity index (χ1v) is 14.3. The van der Waals surface area contributed by atoms with Gasteiger partial charge in [0.2, 0.25) is 0 Å². The second kappa shape index (κ2) is 10.3. The number of piperazine rings is 1. The Morgan fingerprint density at radius 3 is 2.58 bits per heavy atom. The van der Waals surface area contributed by atoms with E-state index in [9.17, 15) is 4.79 Å². The van der Waals surface area contributed by atoms with Gasteiger partial charge in [-0.1, -0.05) is 12.1 Å². The minimum Gasteiger partial charge on any atom is -0.489 e. The van der Waals surface area contributed by atoms with Crippen LogP contribution in [-0.4, -0.2) is 103 Å². The number of fused-ring (bicyclic) bond motifs is 4.